The lowest BCUT2D eigenvalue weighted by atomic mass is 10.2. The van der Waals surface area contributed by atoms with E-state index in [9.17, 15) is 14.4 Å². The minimum Gasteiger partial charge on any atom is -0.449 e. The average Bonchev–Trinajstić information content (AvgIpc) is 3.16. The number of anilines is 1. The van der Waals surface area contributed by atoms with E-state index in [4.69, 9.17) is 4.74 Å². The molecule has 1 heterocycles. The van der Waals surface area contributed by atoms with Gasteiger partial charge in [0.2, 0.25) is 0 Å². The van der Waals surface area contributed by atoms with Gasteiger partial charge in [-0.1, -0.05) is 12.1 Å². The van der Waals surface area contributed by atoms with Crippen LogP contribution in [0.25, 0.3) is 0 Å². The van der Waals surface area contributed by atoms with Crippen molar-refractivity contribution in [2.75, 3.05) is 5.32 Å². The van der Waals surface area contributed by atoms with E-state index >= 15 is 0 Å². The molecule has 6 nitrogen and oxygen atoms in total. The monoisotopic (exact) mass is 402 g/mol. The first-order valence-electron chi connectivity index (χ1n) is 9.18. The first-order chi connectivity index (χ1) is 13.2. The Labute approximate surface area is 169 Å². The van der Waals surface area contributed by atoms with E-state index in [1.807, 2.05) is 33.1 Å². The van der Waals surface area contributed by atoms with Crippen molar-refractivity contribution in [2.24, 2.45) is 0 Å². The maximum Gasteiger partial charge on any atom is 0.338 e. The Balaban J connectivity index is 2.06. The summed E-state index contributed by atoms with van der Waals surface area (Å²) in [7, 11) is 0. The zero-order valence-electron chi connectivity index (χ0n) is 16.8. The van der Waals surface area contributed by atoms with Crippen LogP contribution in [-0.4, -0.2) is 40.9 Å². The van der Waals surface area contributed by atoms with Crippen molar-refractivity contribution in [1.29, 1.82) is 0 Å². The summed E-state index contributed by atoms with van der Waals surface area (Å²) in [6.45, 7) is 9.26. The van der Waals surface area contributed by atoms with Gasteiger partial charge in [-0.2, -0.15) is 0 Å². The van der Waals surface area contributed by atoms with Gasteiger partial charge in [0.15, 0.2) is 6.10 Å². The molecule has 1 aromatic carbocycles. The molecule has 0 unspecified atom stereocenters. The van der Waals surface area contributed by atoms with Gasteiger partial charge in [-0.15, -0.1) is 11.3 Å². The number of ether oxygens (including phenoxy) is 1. The van der Waals surface area contributed by atoms with Gasteiger partial charge in [-0.25, -0.2) is 4.79 Å². The largest absolute Gasteiger partial charge is 0.449 e. The standard InChI is InChI=1S/C21H26N2O4S/c1-13(2)23(14(3)4)20(25)15(5)27-21(26)16-8-6-9-17(12-16)22-19(24)18-10-7-11-28-18/h6-15H,1-5H3,(H,22,24)/t15-/m0/s1. The third-order valence-corrected chi connectivity index (χ3v) is 4.97. The molecule has 0 bridgehead atoms. The summed E-state index contributed by atoms with van der Waals surface area (Å²) in [5, 5.41) is 4.57. The Morgan fingerprint density at radius 2 is 1.68 bits per heavy atom. The van der Waals surface area contributed by atoms with Gasteiger partial charge in [0.25, 0.3) is 11.8 Å². The third-order valence-electron chi connectivity index (χ3n) is 4.10. The molecule has 2 amide bonds. The minimum absolute atomic E-state index is 0.00411. The number of hydrogen-bond donors (Lipinski definition) is 1. The predicted octanol–water partition coefficient (Wildman–Crippen LogP) is 4.19. The molecule has 0 saturated carbocycles. The summed E-state index contributed by atoms with van der Waals surface area (Å²) >= 11 is 1.33. The number of rotatable bonds is 7. The second-order valence-corrected chi connectivity index (χ2v) is 7.94. The summed E-state index contributed by atoms with van der Waals surface area (Å²) in [6.07, 6.45) is -0.901. The summed E-state index contributed by atoms with van der Waals surface area (Å²) in [5.74, 6) is -1.09. The van der Waals surface area contributed by atoms with Gasteiger partial charge in [0, 0.05) is 17.8 Å². The number of benzene rings is 1. The van der Waals surface area contributed by atoms with Crippen LogP contribution in [0.5, 0.6) is 0 Å². The predicted molar refractivity (Wildman–Crippen MR) is 111 cm³/mol. The normalized spacial score (nSPS) is 12.0. The molecule has 150 valence electrons. The first kappa shape index (κ1) is 21.6. The van der Waals surface area contributed by atoms with E-state index in [0.717, 1.165) is 0 Å². The van der Waals surface area contributed by atoms with Crippen LogP contribution in [0.4, 0.5) is 5.69 Å². The third kappa shape index (κ3) is 5.42. The SMILES string of the molecule is CC(C)N(C(=O)[C@H](C)OC(=O)c1cccc(NC(=O)c2cccs2)c1)C(C)C. The number of carbonyl (C=O) groups is 3. The molecule has 2 aromatic rings. The zero-order chi connectivity index (χ0) is 20.8. The smallest absolute Gasteiger partial charge is 0.338 e. The number of amides is 2. The Kier molecular flexibility index (Phi) is 7.34. The second-order valence-electron chi connectivity index (χ2n) is 6.99. The molecule has 0 aliphatic heterocycles. The summed E-state index contributed by atoms with van der Waals surface area (Å²) < 4.78 is 5.37. The van der Waals surface area contributed by atoms with Gasteiger partial charge in [0.05, 0.1) is 10.4 Å². The summed E-state index contributed by atoms with van der Waals surface area (Å²) in [5.41, 5.74) is 0.752. The van der Waals surface area contributed by atoms with Crippen LogP contribution in [0.3, 0.4) is 0 Å². The molecule has 1 atom stereocenters. The van der Waals surface area contributed by atoms with Gasteiger partial charge in [-0.3, -0.25) is 9.59 Å². The lowest BCUT2D eigenvalue weighted by Gasteiger charge is -2.32. The highest BCUT2D eigenvalue weighted by atomic mass is 32.1. The van der Waals surface area contributed by atoms with Crippen LogP contribution in [0.15, 0.2) is 41.8 Å². The van der Waals surface area contributed by atoms with Crippen LogP contribution >= 0.6 is 11.3 Å². The fourth-order valence-corrected chi connectivity index (χ4v) is 3.54. The number of nitrogens with one attached hydrogen (secondary N) is 1. The van der Waals surface area contributed by atoms with Crippen LogP contribution in [0.1, 0.15) is 54.6 Å². The van der Waals surface area contributed by atoms with E-state index in [2.05, 4.69) is 5.32 Å². The molecule has 2 rings (SSSR count). The molecule has 0 saturated heterocycles. The zero-order valence-corrected chi connectivity index (χ0v) is 17.6. The molecule has 0 fully saturated rings. The van der Waals surface area contributed by atoms with E-state index in [1.165, 1.54) is 17.4 Å². The van der Waals surface area contributed by atoms with E-state index in [0.29, 0.717) is 10.6 Å². The highest BCUT2D eigenvalue weighted by Gasteiger charge is 2.28. The Morgan fingerprint density at radius 1 is 1.00 bits per heavy atom. The molecule has 0 aliphatic carbocycles. The maximum atomic E-state index is 12.6. The molecule has 1 aromatic heterocycles. The number of thiophene rings is 1. The number of esters is 1. The molecular weight excluding hydrogens is 376 g/mol. The molecule has 1 N–H and O–H groups in total. The second kappa shape index (κ2) is 9.50. The molecule has 28 heavy (non-hydrogen) atoms. The van der Waals surface area contributed by atoms with Crippen LogP contribution in [0, 0.1) is 0 Å². The van der Waals surface area contributed by atoms with Crippen molar-refractivity contribution in [3.63, 3.8) is 0 Å². The molecule has 0 aliphatic rings. The van der Waals surface area contributed by atoms with Crippen LogP contribution < -0.4 is 5.32 Å². The Morgan fingerprint density at radius 3 is 2.25 bits per heavy atom. The van der Waals surface area contributed by atoms with Crippen molar-refractivity contribution in [1.82, 2.24) is 4.90 Å². The number of nitrogens with zero attached hydrogens (tertiary/aromatic N) is 1. The quantitative estimate of drug-likeness (QED) is 0.705. The molecule has 0 spiro atoms. The first-order valence-corrected chi connectivity index (χ1v) is 10.1. The maximum absolute atomic E-state index is 12.6. The summed E-state index contributed by atoms with van der Waals surface area (Å²) in [6, 6.07) is 9.99. The molecular formula is C21H26N2O4S. The van der Waals surface area contributed by atoms with Gasteiger partial charge >= 0.3 is 5.97 Å². The topological polar surface area (TPSA) is 75.7 Å². The van der Waals surface area contributed by atoms with Gasteiger partial charge < -0.3 is 15.0 Å². The lowest BCUT2D eigenvalue weighted by Crippen LogP contribution is -2.47. The van der Waals surface area contributed by atoms with Crippen molar-refractivity contribution < 1.29 is 19.1 Å². The highest BCUT2D eigenvalue weighted by molar-refractivity contribution is 7.12. The minimum atomic E-state index is -0.901. The van der Waals surface area contributed by atoms with Crippen LogP contribution in [0.2, 0.25) is 0 Å². The highest BCUT2D eigenvalue weighted by Crippen LogP contribution is 2.17. The fourth-order valence-electron chi connectivity index (χ4n) is 2.92. The van der Waals surface area contributed by atoms with Crippen molar-refractivity contribution in [2.45, 2.75) is 52.8 Å². The van der Waals surface area contributed by atoms with Gasteiger partial charge in [-0.05, 0) is 64.3 Å². The van der Waals surface area contributed by atoms with E-state index in [-0.39, 0.29) is 29.5 Å². The Bertz CT molecular complexity index is 823. The molecule has 0 radical (unpaired) electrons. The van der Waals surface area contributed by atoms with Crippen molar-refractivity contribution >= 4 is 34.8 Å². The Hall–Kier alpha value is -2.67. The van der Waals surface area contributed by atoms with E-state index < -0.39 is 12.1 Å². The van der Waals surface area contributed by atoms with Gasteiger partial charge in [0.1, 0.15) is 0 Å². The molecule has 7 heteroatoms. The van der Waals surface area contributed by atoms with Crippen molar-refractivity contribution in [3.8, 4) is 0 Å². The van der Waals surface area contributed by atoms with Crippen molar-refractivity contribution in [3.05, 3.63) is 52.2 Å². The lowest BCUT2D eigenvalue weighted by molar-refractivity contribution is -0.143. The van der Waals surface area contributed by atoms with Crippen LogP contribution in [-0.2, 0) is 9.53 Å². The number of carbonyl (C=O) groups excluding carboxylic acids is 3. The fraction of sp³-hybridized carbons (Fsp3) is 0.381. The van der Waals surface area contributed by atoms with E-state index in [1.54, 1.807) is 42.2 Å². The average molecular weight is 403 g/mol. The number of hydrogen-bond acceptors (Lipinski definition) is 5. The summed E-state index contributed by atoms with van der Waals surface area (Å²) in [4.78, 5) is 39.5.